The summed E-state index contributed by atoms with van der Waals surface area (Å²) in [5.74, 6) is 0.104. The third kappa shape index (κ3) is 2.89. The summed E-state index contributed by atoms with van der Waals surface area (Å²) in [5.41, 5.74) is 1.89. The zero-order chi connectivity index (χ0) is 13.0. The first-order valence-electron chi connectivity index (χ1n) is 6.30. The Balaban J connectivity index is 2.07. The summed E-state index contributed by atoms with van der Waals surface area (Å²) < 4.78 is 5.29. The molecule has 1 atom stereocenters. The van der Waals surface area contributed by atoms with E-state index in [-0.39, 0.29) is 12.0 Å². The molecule has 0 bridgehead atoms. The number of amides is 1. The van der Waals surface area contributed by atoms with Gasteiger partial charge in [0.05, 0.1) is 6.10 Å². The van der Waals surface area contributed by atoms with Gasteiger partial charge in [0.1, 0.15) is 0 Å². The molecule has 2 rings (SSSR count). The number of nitrogens with zero attached hydrogens (tertiary/aromatic N) is 1. The second kappa shape index (κ2) is 5.98. The Labute approximate surface area is 108 Å². The van der Waals surface area contributed by atoms with Gasteiger partial charge in [0.15, 0.2) is 0 Å². The van der Waals surface area contributed by atoms with Gasteiger partial charge in [-0.15, -0.1) is 0 Å². The van der Waals surface area contributed by atoms with Gasteiger partial charge in [-0.25, -0.2) is 0 Å². The third-order valence-electron chi connectivity index (χ3n) is 3.32. The lowest BCUT2D eigenvalue weighted by atomic mass is 10.1. The fourth-order valence-corrected chi connectivity index (χ4v) is 2.31. The number of likely N-dealkylation sites (tertiary alicyclic amines) is 1. The van der Waals surface area contributed by atoms with Crippen molar-refractivity contribution in [1.29, 1.82) is 0 Å². The van der Waals surface area contributed by atoms with Crippen LogP contribution in [0.15, 0.2) is 24.3 Å². The lowest BCUT2D eigenvalue weighted by Crippen LogP contribution is -2.30. The third-order valence-corrected chi connectivity index (χ3v) is 3.32. The Morgan fingerprint density at radius 1 is 1.56 bits per heavy atom. The molecule has 1 aliphatic heterocycles. The van der Waals surface area contributed by atoms with Gasteiger partial charge in [-0.1, -0.05) is 12.1 Å². The number of methoxy groups -OCH3 is 1. The summed E-state index contributed by atoms with van der Waals surface area (Å²) in [4.78, 5) is 14.2. The lowest BCUT2D eigenvalue weighted by Gasteiger charge is -2.16. The second-order valence-corrected chi connectivity index (χ2v) is 4.63. The van der Waals surface area contributed by atoms with Crippen molar-refractivity contribution < 1.29 is 9.53 Å². The van der Waals surface area contributed by atoms with Crippen LogP contribution in [-0.4, -0.2) is 44.2 Å². The van der Waals surface area contributed by atoms with Gasteiger partial charge in [0.2, 0.25) is 0 Å². The van der Waals surface area contributed by atoms with Crippen LogP contribution in [0.4, 0.5) is 0 Å². The summed E-state index contributed by atoms with van der Waals surface area (Å²) in [6.45, 7) is 2.26. The maximum atomic E-state index is 12.3. The summed E-state index contributed by atoms with van der Waals surface area (Å²) in [7, 11) is 3.60. The fraction of sp³-hybridized carbons (Fsp3) is 0.500. The van der Waals surface area contributed by atoms with Crippen LogP contribution in [-0.2, 0) is 11.3 Å². The van der Waals surface area contributed by atoms with Gasteiger partial charge in [-0.3, -0.25) is 4.79 Å². The summed E-state index contributed by atoms with van der Waals surface area (Å²) >= 11 is 0. The first-order valence-corrected chi connectivity index (χ1v) is 6.30. The molecular formula is C14H20N2O2. The van der Waals surface area contributed by atoms with Gasteiger partial charge in [0, 0.05) is 32.3 Å². The standard InChI is InChI=1S/C14H20N2O2/c1-15-9-11-4-3-5-12(8-11)14(17)16-7-6-13(10-16)18-2/h3-5,8,13,15H,6-7,9-10H2,1-2H3/t13-/m1/s1. The van der Waals surface area contributed by atoms with E-state index in [0.717, 1.165) is 30.6 Å². The van der Waals surface area contributed by atoms with Crippen molar-refractivity contribution >= 4 is 5.91 Å². The average molecular weight is 248 g/mol. The molecule has 1 aromatic rings. The number of carbonyl (C=O) groups is 1. The molecule has 1 fully saturated rings. The molecule has 18 heavy (non-hydrogen) atoms. The molecule has 1 aromatic carbocycles. The minimum atomic E-state index is 0.104. The molecule has 1 heterocycles. The number of hydrogen-bond acceptors (Lipinski definition) is 3. The van der Waals surface area contributed by atoms with Crippen molar-refractivity contribution in [3.63, 3.8) is 0 Å². The van der Waals surface area contributed by atoms with Gasteiger partial charge < -0.3 is 15.0 Å². The maximum Gasteiger partial charge on any atom is 0.253 e. The van der Waals surface area contributed by atoms with Crippen molar-refractivity contribution in [2.24, 2.45) is 0 Å². The molecule has 1 N–H and O–H groups in total. The number of hydrogen-bond donors (Lipinski definition) is 1. The van der Waals surface area contributed by atoms with E-state index in [4.69, 9.17) is 4.74 Å². The molecule has 0 aromatic heterocycles. The molecule has 4 nitrogen and oxygen atoms in total. The lowest BCUT2D eigenvalue weighted by molar-refractivity contribution is 0.0724. The van der Waals surface area contributed by atoms with Crippen molar-refractivity contribution in [1.82, 2.24) is 10.2 Å². The molecule has 98 valence electrons. The van der Waals surface area contributed by atoms with Crippen LogP contribution in [0, 0.1) is 0 Å². The molecule has 0 spiro atoms. The molecule has 1 amide bonds. The Morgan fingerprint density at radius 3 is 3.06 bits per heavy atom. The summed E-state index contributed by atoms with van der Waals surface area (Å²) in [5, 5.41) is 3.09. The van der Waals surface area contributed by atoms with Crippen LogP contribution < -0.4 is 5.32 Å². The normalized spacial score (nSPS) is 19.2. The average Bonchev–Trinajstić information content (AvgIpc) is 2.87. The smallest absolute Gasteiger partial charge is 0.253 e. The van der Waals surface area contributed by atoms with Crippen LogP contribution in [0.3, 0.4) is 0 Å². The highest BCUT2D eigenvalue weighted by molar-refractivity contribution is 5.94. The molecule has 0 aliphatic carbocycles. The Bertz CT molecular complexity index is 420. The molecule has 0 unspecified atom stereocenters. The predicted molar refractivity (Wildman–Crippen MR) is 70.5 cm³/mol. The van der Waals surface area contributed by atoms with Crippen LogP contribution in [0.25, 0.3) is 0 Å². The fourth-order valence-electron chi connectivity index (χ4n) is 2.31. The van der Waals surface area contributed by atoms with Crippen molar-refractivity contribution in [3.8, 4) is 0 Å². The van der Waals surface area contributed by atoms with Gasteiger partial charge in [-0.05, 0) is 31.2 Å². The van der Waals surface area contributed by atoms with E-state index in [0.29, 0.717) is 6.54 Å². The predicted octanol–water partition coefficient (Wildman–Crippen LogP) is 1.27. The van der Waals surface area contributed by atoms with Crippen LogP contribution in [0.1, 0.15) is 22.3 Å². The number of ether oxygens (including phenoxy) is 1. The highest BCUT2D eigenvalue weighted by Gasteiger charge is 2.26. The van der Waals surface area contributed by atoms with E-state index in [2.05, 4.69) is 5.32 Å². The zero-order valence-electron chi connectivity index (χ0n) is 11.0. The van der Waals surface area contributed by atoms with Crippen LogP contribution in [0.2, 0.25) is 0 Å². The molecule has 0 radical (unpaired) electrons. The molecular weight excluding hydrogens is 228 g/mol. The van der Waals surface area contributed by atoms with E-state index in [1.165, 1.54) is 0 Å². The molecule has 0 saturated carbocycles. The Hall–Kier alpha value is -1.39. The van der Waals surface area contributed by atoms with Crippen molar-refractivity contribution in [2.45, 2.75) is 19.1 Å². The zero-order valence-corrected chi connectivity index (χ0v) is 11.0. The SMILES string of the molecule is CNCc1cccc(C(=O)N2CC[C@@H](OC)C2)c1. The minimum absolute atomic E-state index is 0.104. The first kappa shape index (κ1) is 13.1. The topological polar surface area (TPSA) is 41.6 Å². The van der Waals surface area contributed by atoms with E-state index in [1.54, 1.807) is 7.11 Å². The minimum Gasteiger partial charge on any atom is -0.380 e. The molecule has 1 saturated heterocycles. The number of benzene rings is 1. The number of nitrogens with one attached hydrogen (secondary N) is 1. The van der Waals surface area contributed by atoms with Crippen LogP contribution >= 0.6 is 0 Å². The summed E-state index contributed by atoms with van der Waals surface area (Å²) in [6, 6.07) is 7.79. The summed E-state index contributed by atoms with van der Waals surface area (Å²) in [6.07, 6.45) is 1.12. The van der Waals surface area contributed by atoms with E-state index < -0.39 is 0 Å². The number of rotatable bonds is 4. The highest BCUT2D eigenvalue weighted by Crippen LogP contribution is 2.16. The largest absolute Gasteiger partial charge is 0.380 e. The Kier molecular flexibility index (Phi) is 4.33. The van der Waals surface area contributed by atoms with Gasteiger partial charge in [0.25, 0.3) is 5.91 Å². The van der Waals surface area contributed by atoms with Crippen LogP contribution in [0.5, 0.6) is 0 Å². The molecule has 1 aliphatic rings. The highest BCUT2D eigenvalue weighted by atomic mass is 16.5. The maximum absolute atomic E-state index is 12.3. The van der Waals surface area contributed by atoms with E-state index >= 15 is 0 Å². The van der Waals surface area contributed by atoms with Crippen molar-refractivity contribution in [2.75, 3.05) is 27.2 Å². The Morgan fingerprint density at radius 2 is 2.39 bits per heavy atom. The molecule has 4 heteroatoms. The van der Waals surface area contributed by atoms with Crippen molar-refractivity contribution in [3.05, 3.63) is 35.4 Å². The first-order chi connectivity index (χ1) is 8.74. The number of carbonyl (C=O) groups excluding carboxylic acids is 1. The second-order valence-electron chi connectivity index (χ2n) is 4.63. The van der Waals surface area contributed by atoms with E-state index in [1.807, 2.05) is 36.2 Å². The van der Waals surface area contributed by atoms with Gasteiger partial charge >= 0.3 is 0 Å². The monoisotopic (exact) mass is 248 g/mol. The van der Waals surface area contributed by atoms with E-state index in [9.17, 15) is 4.79 Å². The quantitative estimate of drug-likeness (QED) is 0.872. The van der Waals surface area contributed by atoms with Gasteiger partial charge in [-0.2, -0.15) is 0 Å².